The van der Waals surface area contributed by atoms with Crippen LogP contribution >= 0.6 is 0 Å². The molecule has 0 saturated heterocycles. The fourth-order valence-electron chi connectivity index (χ4n) is 1.77. The minimum absolute atomic E-state index is 0.0429. The lowest BCUT2D eigenvalue weighted by Gasteiger charge is -2.10. The lowest BCUT2D eigenvalue weighted by Crippen LogP contribution is -2.04. The number of nitrogens with one attached hydrogen (secondary N) is 1. The van der Waals surface area contributed by atoms with E-state index in [0.717, 1.165) is 17.7 Å². The first-order valence-electron chi connectivity index (χ1n) is 6.19. The minimum Gasteiger partial charge on any atom is -0.435 e. The molecule has 0 heterocycles. The predicted octanol–water partition coefficient (Wildman–Crippen LogP) is 4.49. The lowest BCUT2D eigenvalue weighted by atomic mass is 10.2. The van der Waals surface area contributed by atoms with Crippen molar-refractivity contribution >= 4 is 5.69 Å². The van der Waals surface area contributed by atoms with Crippen LogP contribution in [0.1, 0.15) is 11.1 Å². The van der Waals surface area contributed by atoms with Gasteiger partial charge < -0.3 is 10.1 Å². The van der Waals surface area contributed by atoms with Gasteiger partial charge in [-0.2, -0.15) is 8.78 Å². The molecule has 2 rings (SSSR count). The molecule has 2 aromatic carbocycles. The zero-order valence-electron chi connectivity index (χ0n) is 11.2. The molecule has 0 saturated carbocycles. The molecule has 0 aliphatic heterocycles. The summed E-state index contributed by atoms with van der Waals surface area (Å²) in [6.07, 6.45) is 0. The monoisotopic (exact) mass is 299 g/mol. The van der Waals surface area contributed by atoms with E-state index in [0.29, 0.717) is 0 Å². The molecule has 1 N–H and O–H groups in total. The van der Waals surface area contributed by atoms with Gasteiger partial charge in [-0.05, 0) is 36.2 Å². The van der Waals surface area contributed by atoms with Gasteiger partial charge in [0.2, 0.25) is 0 Å². The van der Waals surface area contributed by atoms with Gasteiger partial charge in [0, 0.05) is 12.6 Å². The molecule has 2 nitrogen and oxygen atoms in total. The van der Waals surface area contributed by atoms with Crippen molar-refractivity contribution in [3.63, 3.8) is 0 Å². The third kappa shape index (κ3) is 4.11. The van der Waals surface area contributed by atoms with Crippen molar-refractivity contribution in [3.05, 3.63) is 59.2 Å². The molecule has 0 amide bonds. The Kier molecular flexibility index (Phi) is 4.67. The van der Waals surface area contributed by atoms with Crippen molar-refractivity contribution in [1.82, 2.24) is 0 Å². The van der Waals surface area contributed by atoms with Crippen LogP contribution in [-0.2, 0) is 6.54 Å². The van der Waals surface area contributed by atoms with E-state index < -0.39 is 18.2 Å². The molecular weight excluding hydrogens is 286 g/mol. The van der Waals surface area contributed by atoms with Crippen LogP contribution in [0.3, 0.4) is 0 Å². The van der Waals surface area contributed by atoms with Gasteiger partial charge >= 0.3 is 6.61 Å². The number of ether oxygens (including phenoxy) is 1. The van der Waals surface area contributed by atoms with Crippen molar-refractivity contribution < 1.29 is 22.3 Å². The molecule has 0 fully saturated rings. The Morgan fingerprint density at radius 3 is 2.33 bits per heavy atom. The standard InChI is InChI=1S/C15H13F4NO/c1-9-6-13(17)14(7-12(9)16)20-8-10-2-4-11(5-3-10)21-15(18)19/h2-7,15,20H,8H2,1H3. The summed E-state index contributed by atoms with van der Waals surface area (Å²) in [5.41, 5.74) is 0.995. The third-order valence-electron chi connectivity index (χ3n) is 2.88. The Morgan fingerprint density at radius 1 is 1.05 bits per heavy atom. The average Bonchev–Trinajstić information content (AvgIpc) is 2.42. The smallest absolute Gasteiger partial charge is 0.387 e. The Balaban J connectivity index is 2.01. The zero-order valence-corrected chi connectivity index (χ0v) is 11.2. The van der Waals surface area contributed by atoms with Crippen LogP contribution in [0.4, 0.5) is 23.2 Å². The fourth-order valence-corrected chi connectivity index (χ4v) is 1.77. The second-order valence-corrected chi connectivity index (χ2v) is 4.46. The summed E-state index contributed by atoms with van der Waals surface area (Å²) in [6.45, 7) is -1.17. The van der Waals surface area contributed by atoms with E-state index in [9.17, 15) is 17.6 Å². The van der Waals surface area contributed by atoms with Crippen LogP contribution in [0.25, 0.3) is 0 Å². The summed E-state index contributed by atoms with van der Waals surface area (Å²) in [6, 6.07) is 8.08. The molecule has 21 heavy (non-hydrogen) atoms. The quantitative estimate of drug-likeness (QED) is 0.822. The summed E-state index contributed by atoms with van der Waals surface area (Å²) < 4.78 is 55.2. The van der Waals surface area contributed by atoms with Gasteiger partial charge in [0.05, 0.1) is 5.69 Å². The normalized spacial score (nSPS) is 10.8. The van der Waals surface area contributed by atoms with Gasteiger partial charge in [0.15, 0.2) is 0 Å². The van der Waals surface area contributed by atoms with Gasteiger partial charge in [0.25, 0.3) is 0 Å². The Bertz CT molecular complexity index is 614. The van der Waals surface area contributed by atoms with Gasteiger partial charge in [-0.1, -0.05) is 12.1 Å². The van der Waals surface area contributed by atoms with Crippen LogP contribution in [0.2, 0.25) is 0 Å². The first kappa shape index (κ1) is 15.2. The van der Waals surface area contributed by atoms with Gasteiger partial charge in [-0.3, -0.25) is 0 Å². The second-order valence-electron chi connectivity index (χ2n) is 4.46. The van der Waals surface area contributed by atoms with E-state index in [1.807, 2.05) is 0 Å². The summed E-state index contributed by atoms with van der Waals surface area (Å²) in [5.74, 6) is -1.01. The highest BCUT2D eigenvalue weighted by atomic mass is 19.3. The summed E-state index contributed by atoms with van der Waals surface area (Å²) >= 11 is 0. The molecule has 0 aliphatic rings. The van der Waals surface area contributed by atoms with Crippen molar-refractivity contribution in [2.75, 3.05) is 5.32 Å². The van der Waals surface area contributed by atoms with Crippen LogP contribution in [-0.4, -0.2) is 6.61 Å². The maximum Gasteiger partial charge on any atom is 0.387 e. The summed E-state index contributed by atoms with van der Waals surface area (Å²) in [7, 11) is 0. The number of halogens is 4. The maximum absolute atomic E-state index is 13.6. The molecule has 0 aliphatic carbocycles. The van der Waals surface area contributed by atoms with Crippen LogP contribution in [0, 0.1) is 18.6 Å². The average molecular weight is 299 g/mol. The number of rotatable bonds is 5. The molecule has 6 heteroatoms. The second kappa shape index (κ2) is 6.47. The molecule has 0 atom stereocenters. The van der Waals surface area contributed by atoms with E-state index in [4.69, 9.17) is 0 Å². The molecule has 0 bridgehead atoms. The number of benzene rings is 2. The highest BCUT2D eigenvalue weighted by Gasteiger charge is 2.07. The van der Waals surface area contributed by atoms with E-state index in [1.54, 1.807) is 12.1 Å². The predicted molar refractivity (Wildman–Crippen MR) is 71.5 cm³/mol. The number of hydrogen-bond donors (Lipinski definition) is 1. The number of aryl methyl sites for hydroxylation is 1. The molecule has 112 valence electrons. The highest BCUT2D eigenvalue weighted by Crippen LogP contribution is 2.20. The Hall–Kier alpha value is -2.24. The van der Waals surface area contributed by atoms with Crippen molar-refractivity contribution in [1.29, 1.82) is 0 Å². The van der Waals surface area contributed by atoms with E-state index in [1.165, 1.54) is 19.1 Å². The lowest BCUT2D eigenvalue weighted by molar-refractivity contribution is -0.0498. The first-order chi connectivity index (χ1) is 9.95. The summed E-state index contributed by atoms with van der Waals surface area (Å²) in [4.78, 5) is 0. The molecular formula is C15H13F4NO. The van der Waals surface area contributed by atoms with Gasteiger partial charge in [-0.15, -0.1) is 0 Å². The molecule has 2 aromatic rings. The number of hydrogen-bond acceptors (Lipinski definition) is 2. The minimum atomic E-state index is -2.88. The van der Waals surface area contributed by atoms with Gasteiger partial charge in [-0.25, -0.2) is 8.78 Å². The molecule has 0 radical (unpaired) electrons. The first-order valence-corrected chi connectivity index (χ1v) is 6.19. The SMILES string of the molecule is Cc1cc(F)c(NCc2ccc(OC(F)F)cc2)cc1F. The van der Waals surface area contributed by atoms with Gasteiger partial charge in [0.1, 0.15) is 17.4 Å². The Labute approximate surface area is 119 Å². The molecule has 0 spiro atoms. The Morgan fingerprint density at radius 2 is 1.71 bits per heavy atom. The molecule has 0 aromatic heterocycles. The van der Waals surface area contributed by atoms with E-state index in [2.05, 4.69) is 10.1 Å². The third-order valence-corrected chi connectivity index (χ3v) is 2.88. The number of anilines is 1. The van der Waals surface area contributed by atoms with Crippen LogP contribution in [0.15, 0.2) is 36.4 Å². The van der Waals surface area contributed by atoms with Crippen LogP contribution < -0.4 is 10.1 Å². The van der Waals surface area contributed by atoms with Crippen molar-refractivity contribution in [2.24, 2.45) is 0 Å². The number of alkyl halides is 2. The summed E-state index contributed by atoms with van der Waals surface area (Å²) in [5, 5.41) is 2.75. The highest BCUT2D eigenvalue weighted by molar-refractivity contribution is 5.47. The molecule has 0 unspecified atom stereocenters. The van der Waals surface area contributed by atoms with Crippen molar-refractivity contribution in [3.8, 4) is 5.75 Å². The fraction of sp³-hybridized carbons (Fsp3) is 0.200. The largest absolute Gasteiger partial charge is 0.435 e. The zero-order chi connectivity index (χ0) is 15.4. The topological polar surface area (TPSA) is 21.3 Å². The van der Waals surface area contributed by atoms with Crippen LogP contribution in [0.5, 0.6) is 5.75 Å². The maximum atomic E-state index is 13.6. The van der Waals surface area contributed by atoms with E-state index >= 15 is 0 Å². The van der Waals surface area contributed by atoms with E-state index in [-0.39, 0.29) is 23.5 Å². The van der Waals surface area contributed by atoms with Crippen molar-refractivity contribution in [2.45, 2.75) is 20.1 Å².